The van der Waals surface area contributed by atoms with Gasteiger partial charge in [0.2, 0.25) is 0 Å². The fraction of sp³-hybridized carbons (Fsp3) is 0.859. The van der Waals surface area contributed by atoms with Crippen LogP contribution in [0.3, 0.4) is 0 Å². The van der Waals surface area contributed by atoms with Crippen LogP contribution in [0.25, 0.3) is 0 Å². The van der Waals surface area contributed by atoms with Gasteiger partial charge in [0.15, 0.2) is 12.4 Å². The predicted octanol–water partition coefficient (Wildman–Crippen LogP) is 17.1. The molecule has 2 unspecified atom stereocenters. The maximum Gasteiger partial charge on any atom is 0.306 e. The minimum Gasteiger partial charge on any atom is -0.545 e. The molecule has 0 fully saturated rings. The Balaban J connectivity index is 4.19. The summed E-state index contributed by atoms with van der Waals surface area (Å²) in [5.74, 6) is -2.27. The first-order chi connectivity index (χ1) is 35.6. The zero-order valence-corrected chi connectivity index (χ0v) is 48.8. The van der Waals surface area contributed by atoms with Gasteiger partial charge in [-0.2, -0.15) is 0 Å². The van der Waals surface area contributed by atoms with Gasteiger partial charge in [-0.1, -0.05) is 269 Å². The zero-order chi connectivity index (χ0) is 53.4. The summed E-state index contributed by atoms with van der Waals surface area (Å²) < 4.78 is 22.8. The molecule has 0 amide bonds. The number of ether oxygens (including phenoxy) is 4. The molecule has 0 aliphatic rings. The highest BCUT2D eigenvalue weighted by Crippen LogP contribution is 2.17. The van der Waals surface area contributed by atoms with Crippen molar-refractivity contribution >= 4 is 17.9 Å². The van der Waals surface area contributed by atoms with Gasteiger partial charge in [0.1, 0.15) is 13.2 Å². The molecular formula is C64H119NO8. The number of esters is 2. The number of quaternary nitrogens is 1. The van der Waals surface area contributed by atoms with Gasteiger partial charge in [-0.05, 0) is 51.4 Å². The van der Waals surface area contributed by atoms with Crippen LogP contribution in [-0.2, 0) is 33.3 Å². The van der Waals surface area contributed by atoms with E-state index in [1.165, 1.54) is 212 Å². The first kappa shape index (κ1) is 70.5. The van der Waals surface area contributed by atoms with Crippen LogP contribution in [0.4, 0.5) is 0 Å². The zero-order valence-electron chi connectivity index (χ0n) is 48.8. The Hall–Kier alpha value is -2.49. The number of carboxylic acids is 1. The smallest absolute Gasteiger partial charge is 0.306 e. The molecule has 428 valence electrons. The molecule has 0 bridgehead atoms. The van der Waals surface area contributed by atoms with E-state index in [9.17, 15) is 19.5 Å². The number of hydrogen-bond donors (Lipinski definition) is 0. The van der Waals surface area contributed by atoms with Crippen LogP contribution in [-0.4, -0.2) is 82.3 Å². The number of rotatable bonds is 58. The fourth-order valence-electron chi connectivity index (χ4n) is 9.08. The van der Waals surface area contributed by atoms with Crippen LogP contribution in [0.15, 0.2) is 36.5 Å². The normalized spacial score (nSPS) is 12.9. The van der Waals surface area contributed by atoms with E-state index >= 15 is 0 Å². The van der Waals surface area contributed by atoms with Crippen molar-refractivity contribution in [2.75, 3.05) is 47.5 Å². The molecule has 9 heteroatoms. The largest absolute Gasteiger partial charge is 0.545 e. The highest BCUT2D eigenvalue weighted by Gasteiger charge is 2.22. The molecule has 0 rings (SSSR count). The number of carbonyl (C=O) groups is 3. The van der Waals surface area contributed by atoms with Crippen LogP contribution < -0.4 is 5.11 Å². The summed E-state index contributed by atoms with van der Waals surface area (Å²) in [6.07, 6.45) is 64.8. The summed E-state index contributed by atoms with van der Waals surface area (Å²) >= 11 is 0. The predicted molar refractivity (Wildman–Crippen MR) is 306 cm³/mol. The van der Waals surface area contributed by atoms with Crippen LogP contribution in [0.2, 0.25) is 0 Å². The number of carboxylic acid groups (broad SMARTS) is 1. The monoisotopic (exact) mass is 1030 g/mol. The van der Waals surface area contributed by atoms with E-state index in [2.05, 4.69) is 50.3 Å². The van der Waals surface area contributed by atoms with Crippen molar-refractivity contribution in [2.24, 2.45) is 0 Å². The molecule has 0 heterocycles. The first-order valence-electron chi connectivity index (χ1n) is 31.1. The maximum absolute atomic E-state index is 12.9. The number of allylic oxidation sites excluding steroid dienone is 6. The third kappa shape index (κ3) is 57.1. The molecule has 0 aromatic carbocycles. The summed E-state index contributed by atoms with van der Waals surface area (Å²) in [4.78, 5) is 37.4. The van der Waals surface area contributed by atoms with Gasteiger partial charge in [-0.15, -0.1) is 0 Å². The third-order valence-electron chi connectivity index (χ3n) is 13.9. The summed E-state index contributed by atoms with van der Waals surface area (Å²) in [6, 6.07) is 0. The van der Waals surface area contributed by atoms with Crippen LogP contribution >= 0.6 is 0 Å². The Morgan fingerprint density at radius 2 is 0.740 bits per heavy atom. The Kier molecular flexibility index (Phi) is 53.8. The maximum atomic E-state index is 12.9. The molecule has 0 aromatic heterocycles. The molecule has 0 saturated heterocycles. The molecular weight excluding hydrogens is 911 g/mol. The standard InChI is InChI=1S/C64H119NO8/c1-6-8-10-12-14-16-18-20-22-24-26-28-30-31-33-35-37-39-41-43-45-47-49-51-53-55-62(67)73-60(59-72-64(63(68)69)70-57-56-65(3,4)5)58-71-61(66)54-52-50-48-46-44-42-40-38-36-34-32-29-27-25-23-21-19-17-15-13-11-9-7-2/h18,20,24,26,30-31,60,64H,6-17,19,21-23,25,27-29,32-59H2,1-5H3/b20-18-,26-24-,31-30-. The lowest BCUT2D eigenvalue weighted by molar-refractivity contribution is -0.870. The Morgan fingerprint density at radius 1 is 0.411 bits per heavy atom. The van der Waals surface area contributed by atoms with Crippen molar-refractivity contribution < 1.29 is 42.9 Å². The van der Waals surface area contributed by atoms with Gasteiger partial charge in [-0.25, -0.2) is 0 Å². The second-order valence-electron chi connectivity index (χ2n) is 22.4. The lowest BCUT2D eigenvalue weighted by Gasteiger charge is -2.26. The minimum absolute atomic E-state index is 0.148. The summed E-state index contributed by atoms with van der Waals surface area (Å²) in [5, 5.41) is 11.8. The van der Waals surface area contributed by atoms with Gasteiger partial charge in [-0.3, -0.25) is 9.59 Å². The molecule has 0 aliphatic carbocycles. The number of aliphatic carboxylic acids is 1. The molecule has 0 saturated carbocycles. The lowest BCUT2D eigenvalue weighted by Crippen LogP contribution is -2.44. The van der Waals surface area contributed by atoms with Crippen molar-refractivity contribution in [1.82, 2.24) is 0 Å². The average Bonchev–Trinajstić information content (AvgIpc) is 3.36. The molecule has 0 aromatic rings. The van der Waals surface area contributed by atoms with E-state index in [0.717, 1.165) is 51.4 Å². The summed E-state index contributed by atoms with van der Waals surface area (Å²) in [6.45, 7) is 4.78. The molecule has 0 N–H and O–H groups in total. The third-order valence-corrected chi connectivity index (χ3v) is 13.9. The van der Waals surface area contributed by atoms with Crippen molar-refractivity contribution in [3.05, 3.63) is 36.5 Å². The van der Waals surface area contributed by atoms with Crippen molar-refractivity contribution in [2.45, 2.75) is 309 Å². The number of nitrogens with zero attached hydrogens (tertiary/aromatic N) is 1. The van der Waals surface area contributed by atoms with Crippen LogP contribution in [0.1, 0.15) is 296 Å². The molecule has 0 aliphatic heterocycles. The van der Waals surface area contributed by atoms with Crippen LogP contribution in [0.5, 0.6) is 0 Å². The Morgan fingerprint density at radius 3 is 1.10 bits per heavy atom. The topological polar surface area (TPSA) is 111 Å². The van der Waals surface area contributed by atoms with Gasteiger partial charge in [0, 0.05) is 12.8 Å². The molecule has 0 spiro atoms. The van der Waals surface area contributed by atoms with Gasteiger partial charge in [0.05, 0.1) is 40.3 Å². The van der Waals surface area contributed by atoms with Gasteiger partial charge >= 0.3 is 11.9 Å². The van der Waals surface area contributed by atoms with Crippen molar-refractivity contribution in [3.63, 3.8) is 0 Å². The number of hydrogen-bond acceptors (Lipinski definition) is 8. The molecule has 9 nitrogen and oxygen atoms in total. The SMILES string of the molecule is CCCCCCC/C=C\C/C=C\C/C=C\CCCCCCCCCCCCC(=O)OC(COC(=O)CCCCCCCCCCCCCCCCCCCCCCCCC)COC(OCC[N+](C)(C)C)C(=O)[O-]. The van der Waals surface area contributed by atoms with E-state index in [4.69, 9.17) is 18.9 Å². The molecule has 73 heavy (non-hydrogen) atoms. The Labute approximate surface area is 451 Å². The van der Waals surface area contributed by atoms with E-state index in [1.807, 2.05) is 21.1 Å². The summed E-state index contributed by atoms with van der Waals surface area (Å²) in [7, 11) is 5.93. The Bertz CT molecular complexity index is 1290. The fourth-order valence-corrected chi connectivity index (χ4v) is 9.08. The lowest BCUT2D eigenvalue weighted by atomic mass is 10.0. The van der Waals surface area contributed by atoms with Crippen molar-refractivity contribution in [1.29, 1.82) is 0 Å². The van der Waals surface area contributed by atoms with Crippen molar-refractivity contribution in [3.8, 4) is 0 Å². The molecule has 0 radical (unpaired) electrons. The number of unbranched alkanes of at least 4 members (excludes halogenated alkanes) is 37. The number of likely N-dealkylation sites (N-methyl/N-ethyl adjacent to an activating group) is 1. The van der Waals surface area contributed by atoms with Gasteiger partial charge in [0.25, 0.3) is 0 Å². The quantitative estimate of drug-likeness (QED) is 0.0195. The van der Waals surface area contributed by atoms with E-state index in [-0.39, 0.29) is 32.2 Å². The van der Waals surface area contributed by atoms with Gasteiger partial charge < -0.3 is 33.3 Å². The highest BCUT2D eigenvalue weighted by molar-refractivity contribution is 5.70. The van der Waals surface area contributed by atoms with E-state index in [1.54, 1.807) is 0 Å². The van der Waals surface area contributed by atoms with Crippen LogP contribution in [0, 0.1) is 0 Å². The highest BCUT2D eigenvalue weighted by atomic mass is 16.7. The van der Waals surface area contributed by atoms with E-state index in [0.29, 0.717) is 23.9 Å². The van der Waals surface area contributed by atoms with E-state index < -0.39 is 24.3 Å². The number of carbonyl (C=O) groups excluding carboxylic acids is 3. The first-order valence-corrected chi connectivity index (χ1v) is 31.1. The second-order valence-corrected chi connectivity index (χ2v) is 22.4. The average molecular weight is 1030 g/mol. The molecule has 2 atom stereocenters. The second kappa shape index (κ2) is 55.7. The summed E-state index contributed by atoms with van der Waals surface area (Å²) in [5.41, 5.74) is 0. The minimum atomic E-state index is -1.62.